The highest BCUT2D eigenvalue weighted by molar-refractivity contribution is 5.44. The highest BCUT2D eigenvalue weighted by Gasteiger charge is 2.18. The molecule has 0 heterocycles. The lowest BCUT2D eigenvalue weighted by molar-refractivity contribution is -0.134. The van der Waals surface area contributed by atoms with Gasteiger partial charge in [0.2, 0.25) is 0 Å². The van der Waals surface area contributed by atoms with Crippen molar-refractivity contribution in [3.63, 3.8) is 0 Å². The van der Waals surface area contributed by atoms with Gasteiger partial charge in [0.1, 0.15) is 6.10 Å². The van der Waals surface area contributed by atoms with Crippen LogP contribution in [-0.2, 0) is 9.53 Å². The second kappa shape index (κ2) is 11.0. The van der Waals surface area contributed by atoms with Crippen LogP contribution in [0, 0.1) is 0 Å². The predicted molar refractivity (Wildman–Crippen MR) is 103 cm³/mol. The zero-order valence-corrected chi connectivity index (χ0v) is 15.9. The summed E-state index contributed by atoms with van der Waals surface area (Å²) >= 11 is 0. The van der Waals surface area contributed by atoms with Gasteiger partial charge in [0.25, 0.3) is 6.47 Å². The first-order chi connectivity index (χ1) is 13.0. The standard InChI is InChI=1S/C19H22O6.C2H6/c1-2-12(13-3-6-15(21)17(23)9-13)5-8-19(25-11-20)14-4-7-16(22)18(24)10-14;1-2/h3-4,6-7,9-12,19,21-24H,2,5,8H2,1H3;1-2H3. The van der Waals surface area contributed by atoms with E-state index in [0.29, 0.717) is 24.9 Å². The summed E-state index contributed by atoms with van der Waals surface area (Å²) in [7, 11) is 0. The first-order valence-corrected chi connectivity index (χ1v) is 9.09. The van der Waals surface area contributed by atoms with Crippen LogP contribution in [0.15, 0.2) is 36.4 Å². The average molecular weight is 376 g/mol. The molecule has 6 nitrogen and oxygen atoms in total. The van der Waals surface area contributed by atoms with E-state index in [2.05, 4.69) is 0 Å². The Balaban J connectivity index is 0.00000176. The van der Waals surface area contributed by atoms with Gasteiger partial charge in [-0.25, -0.2) is 0 Å². The molecule has 2 aromatic carbocycles. The Kier molecular flexibility index (Phi) is 8.99. The van der Waals surface area contributed by atoms with Crippen LogP contribution in [0.25, 0.3) is 0 Å². The minimum absolute atomic E-state index is 0.106. The number of ether oxygens (including phenoxy) is 1. The van der Waals surface area contributed by atoms with Crippen molar-refractivity contribution >= 4 is 6.47 Å². The Labute approximate surface area is 159 Å². The summed E-state index contributed by atoms with van der Waals surface area (Å²) in [4.78, 5) is 10.8. The van der Waals surface area contributed by atoms with Crippen molar-refractivity contribution in [1.82, 2.24) is 0 Å². The summed E-state index contributed by atoms with van der Waals surface area (Å²) in [5.41, 5.74) is 1.47. The predicted octanol–water partition coefficient (Wildman–Crippen LogP) is 4.72. The largest absolute Gasteiger partial charge is 0.504 e. The Bertz CT molecular complexity index is 729. The highest BCUT2D eigenvalue weighted by Crippen LogP contribution is 2.36. The topological polar surface area (TPSA) is 107 Å². The monoisotopic (exact) mass is 376 g/mol. The number of phenols is 4. The molecule has 2 unspecified atom stereocenters. The Morgan fingerprint density at radius 1 is 0.852 bits per heavy atom. The van der Waals surface area contributed by atoms with Crippen LogP contribution >= 0.6 is 0 Å². The van der Waals surface area contributed by atoms with Crippen LogP contribution in [0.2, 0.25) is 0 Å². The van der Waals surface area contributed by atoms with E-state index < -0.39 is 6.10 Å². The second-order valence-electron chi connectivity index (χ2n) is 5.90. The van der Waals surface area contributed by atoms with E-state index in [0.717, 1.165) is 12.0 Å². The molecule has 0 aliphatic rings. The minimum atomic E-state index is -0.552. The fourth-order valence-electron chi connectivity index (χ4n) is 2.87. The Morgan fingerprint density at radius 3 is 1.85 bits per heavy atom. The van der Waals surface area contributed by atoms with Crippen LogP contribution in [0.5, 0.6) is 23.0 Å². The summed E-state index contributed by atoms with van der Waals surface area (Å²) in [5, 5.41) is 38.1. The van der Waals surface area contributed by atoms with Gasteiger partial charge in [-0.1, -0.05) is 32.9 Å². The van der Waals surface area contributed by atoms with E-state index in [1.165, 1.54) is 24.3 Å². The number of carbonyl (C=O) groups excluding carboxylic acids is 1. The number of phenolic OH excluding ortho intramolecular Hbond substituents is 4. The molecular weight excluding hydrogens is 348 g/mol. The molecule has 2 aromatic rings. The second-order valence-corrected chi connectivity index (χ2v) is 5.90. The van der Waals surface area contributed by atoms with Crippen LogP contribution in [0.1, 0.15) is 63.2 Å². The summed E-state index contributed by atoms with van der Waals surface area (Å²) in [6.07, 6.45) is 1.42. The molecule has 0 saturated carbocycles. The Hall–Kier alpha value is -2.89. The van der Waals surface area contributed by atoms with Gasteiger partial charge in [-0.15, -0.1) is 0 Å². The first kappa shape index (κ1) is 22.2. The maximum absolute atomic E-state index is 10.8. The summed E-state index contributed by atoms with van der Waals surface area (Å²) in [5.74, 6) is -0.734. The fraction of sp³-hybridized carbons (Fsp3) is 0.381. The lowest BCUT2D eigenvalue weighted by Crippen LogP contribution is -2.07. The molecule has 0 aliphatic heterocycles. The van der Waals surface area contributed by atoms with Gasteiger partial charge >= 0.3 is 0 Å². The molecule has 0 fully saturated rings. The number of carbonyl (C=O) groups is 1. The van der Waals surface area contributed by atoms with Crippen molar-refractivity contribution in [2.75, 3.05) is 0 Å². The summed E-state index contributed by atoms with van der Waals surface area (Å²) < 4.78 is 5.13. The molecule has 0 amide bonds. The molecule has 148 valence electrons. The third kappa shape index (κ3) is 6.09. The maximum atomic E-state index is 10.8. The summed E-state index contributed by atoms with van der Waals surface area (Å²) in [6, 6.07) is 9.05. The molecule has 2 atom stereocenters. The smallest absolute Gasteiger partial charge is 0.293 e. The van der Waals surface area contributed by atoms with Gasteiger partial charge < -0.3 is 25.2 Å². The fourth-order valence-corrected chi connectivity index (χ4v) is 2.87. The van der Waals surface area contributed by atoms with Crippen molar-refractivity contribution in [3.05, 3.63) is 47.5 Å². The lowest BCUT2D eigenvalue weighted by atomic mass is 9.89. The Morgan fingerprint density at radius 2 is 1.37 bits per heavy atom. The summed E-state index contributed by atoms with van der Waals surface area (Å²) in [6.45, 7) is 6.37. The van der Waals surface area contributed by atoms with Crippen molar-refractivity contribution in [2.45, 2.75) is 52.1 Å². The van der Waals surface area contributed by atoms with Gasteiger partial charge in [0, 0.05) is 0 Å². The molecule has 0 spiro atoms. The van der Waals surface area contributed by atoms with E-state index in [4.69, 9.17) is 4.74 Å². The van der Waals surface area contributed by atoms with Gasteiger partial charge in [0.05, 0.1) is 0 Å². The van der Waals surface area contributed by atoms with Crippen LogP contribution in [-0.4, -0.2) is 26.9 Å². The van der Waals surface area contributed by atoms with Gasteiger partial charge in [-0.05, 0) is 60.6 Å². The average Bonchev–Trinajstić information content (AvgIpc) is 2.68. The van der Waals surface area contributed by atoms with E-state index in [9.17, 15) is 25.2 Å². The van der Waals surface area contributed by atoms with Gasteiger partial charge in [-0.3, -0.25) is 4.79 Å². The quantitative estimate of drug-likeness (QED) is 0.392. The highest BCUT2D eigenvalue weighted by atomic mass is 16.5. The van der Waals surface area contributed by atoms with E-state index in [1.54, 1.807) is 12.1 Å². The molecule has 6 heteroatoms. The van der Waals surface area contributed by atoms with Crippen LogP contribution < -0.4 is 0 Å². The number of aromatic hydroxyl groups is 4. The van der Waals surface area contributed by atoms with Crippen molar-refractivity contribution in [3.8, 4) is 23.0 Å². The van der Waals surface area contributed by atoms with Gasteiger partial charge in [-0.2, -0.15) is 0 Å². The van der Waals surface area contributed by atoms with Crippen molar-refractivity contribution < 1.29 is 30.0 Å². The van der Waals surface area contributed by atoms with Crippen LogP contribution in [0.4, 0.5) is 0 Å². The zero-order valence-electron chi connectivity index (χ0n) is 15.9. The zero-order chi connectivity index (χ0) is 20.4. The molecule has 0 aromatic heterocycles. The number of hydrogen-bond donors (Lipinski definition) is 4. The number of rotatable bonds is 8. The lowest BCUT2D eigenvalue weighted by Gasteiger charge is -2.21. The molecule has 0 bridgehead atoms. The number of hydrogen-bond acceptors (Lipinski definition) is 6. The first-order valence-electron chi connectivity index (χ1n) is 9.09. The molecule has 2 rings (SSSR count). The normalized spacial score (nSPS) is 12.4. The molecule has 0 saturated heterocycles. The third-order valence-corrected chi connectivity index (χ3v) is 4.33. The van der Waals surface area contributed by atoms with Crippen molar-refractivity contribution in [2.24, 2.45) is 0 Å². The minimum Gasteiger partial charge on any atom is -0.504 e. The van der Waals surface area contributed by atoms with Crippen molar-refractivity contribution in [1.29, 1.82) is 0 Å². The third-order valence-electron chi connectivity index (χ3n) is 4.33. The van der Waals surface area contributed by atoms with Gasteiger partial charge in [0.15, 0.2) is 23.0 Å². The maximum Gasteiger partial charge on any atom is 0.293 e. The van der Waals surface area contributed by atoms with E-state index in [-0.39, 0.29) is 28.9 Å². The molecule has 0 aliphatic carbocycles. The molecule has 0 radical (unpaired) electrons. The SMILES string of the molecule is CC.CCC(CCC(OC=O)c1ccc(O)c(O)c1)c1ccc(O)c(O)c1. The molecular formula is C21H28O6. The van der Waals surface area contributed by atoms with Crippen LogP contribution in [0.3, 0.4) is 0 Å². The number of benzene rings is 2. The van der Waals surface area contributed by atoms with E-state index >= 15 is 0 Å². The molecule has 27 heavy (non-hydrogen) atoms. The molecule has 4 N–H and O–H groups in total. The van der Waals surface area contributed by atoms with E-state index in [1.807, 2.05) is 20.8 Å².